The fraction of sp³-hybridized carbons (Fsp3) is 0.133. The number of hydrogen-bond donors (Lipinski definition) is 1. The van der Waals surface area contributed by atoms with Crippen LogP contribution in [0.3, 0.4) is 0 Å². The number of pyridine rings is 1. The molecular weight excluding hydrogens is 334 g/mol. The molecule has 3 aromatic rings. The number of aromatic nitrogens is 3. The number of rotatable bonds is 2. The molecule has 0 saturated carbocycles. The maximum absolute atomic E-state index is 9.71. The summed E-state index contributed by atoms with van der Waals surface area (Å²) in [5.74, 6) is 0.899. The van der Waals surface area contributed by atoms with Crippen molar-refractivity contribution in [2.75, 3.05) is 0 Å². The zero-order chi connectivity index (χ0) is 15.0. The highest BCUT2D eigenvalue weighted by atomic mass is 79.9. The third kappa shape index (κ3) is 2.67. The van der Waals surface area contributed by atoms with Gasteiger partial charge >= 0.3 is 0 Å². The second kappa shape index (κ2) is 5.29. The Kier molecular flexibility index (Phi) is 3.47. The minimum atomic E-state index is 0.122. The molecule has 0 aliphatic rings. The van der Waals surface area contributed by atoms with E-state index in [1.807, 2.05) is 19.9 Å². The number of hydrogen-bond acceptors (Lipinski definition) is 5. The molecule has 5 nitrogen and oxygen atoms in total. The number of benzene rings is 1. The number of nitrogens with zero attached hydrogens (tertiary/aromatic N) is 3. The topological polar surface area (TPSA) is 72.0 Å². The van der Waals surface area contributed by atoms with Crippen LogP contribution in [0.15, 0.2) is 39.5 Å². The van der Waals surface area contributed by atoms with E-state index in [2.05, 4.69) is 31.1 Å². The second-order valence-corrected chi connectivity index (χ2v) is 5.62. The molecule has 3 rings (SSSR count). The molecular formula is C15H12BrN3O2. The molecule has 0 saturated heterocycles. The lowest BCUT2D eigenvalue weighted by molar-refractivity contribution is 0.431. The summed E-state index contributed by atoms with van der Waals surface area (Å²) in [6, 6.07) is 7.10. The molecule has 21 heavy (non-hydrogen) atoms. The van der Waals surface area contributed by atoms with Gasteiger partial charge in [0.1, 0.15) is 11.4 Å². The van der Waals surface area contributed by atoms with Crippen LogP contribution in [0, 0.1) is 13.8 Å². The Morgan fingerprint density at radius 2 is 2.00 bits per heavy atom. The lowest BCUT2D eigenvalue weighted by Crippen LogP contribution is -1.91. The van der Waals surface area contributed by atoms with Crippen molar-refractivity contribution in [1.29, 1.82) is 0 Å². The quantitative estimate of drug-likeness (QED) is 0.762. The smallest absolute Gasteiger partial charge is 0.258 e. The van der Waals surface area contributed by atoms with E-state index >= 15 is 0 Å². The van der Waals surface area contributed by atoms with E-state index in [1.165, 1.54) is 0 Å². The number of phenolic OH excluding ortho intramolecular Hbond substituents is 1. The van der Waals surface area contributed by atoms with Crippen molar-refractivity contribution in [1.82, 2.24) is 15.1 Å². The molecule has 0 unspecified atom stereocenters. The number of halogens is 1. The summed E-state index contributed by atoms with van der Waals surface area (Å²) in [6.07, 6.45) is 1.77. The predicted molar refractivity (Wildman–Crippen MR) is 81.8 cm³/mol. The van der Waals surface area contributed by atoms with E-state index in [-0.39, 0.29) is 5.75 Å². The summed E-state index contributed by atoms with van der Waals surface area (Å²) in [4.78, 5) is 8.69. The summed E-state index contributed by atoms with van der Waals surface area (Å²) in [6.45, 7) is 3.94. The molecule has 0 aliphatic carbocycles. The summed E-state index contributed by atoms with van der Waals surface area (Å²) >= 11 is 3.23. The molecule has 6 heteroatoms. The summed E-state index contributed by atoms with van der Waals surface area (Å²) in [5, 5.41) is 13.7. The van der Waals surface area contributed by atoms with Crippen LogP contribution in [-0.2, 0) is 0 Å². The standard InChI is InChI=1S/C15H12BrN3O2/c1-8-5-9(2)13(17-7-8)14-18-15(21-19-14)10-3-4-11(16)12(20)6-10/h3-7,20H,1-2H3. The van der Waals surface area contributed by atoms with Crippen LogP contribution in [0.5, 0.6) is 5.75 Å². The van der Waals surface area contributed by atoms with Gasteiger partial charge in [0.15, 0.2) is 0 Å². The first kappa shape index (κ1) is 13.8. The molecule has 0 spiro atoms. The van der Waals surface area contributed by atoms with E-state index in [4.69, 9.17) is 4.52 Å². The van der Waals surface area contributed by atoms with Gasteiger partial charge in [-0.15, -0.1) is 0 Å². The van der Waals surface area contributed by atoms with Crippen molar-refractivity contribution in [3.8, 4) is 28.7 Å². The molecule has 0 fully saturated rings. The number of aryl methyl sites for hydroxylation is 2. The van der Waals surface area contributed by atoms with Gasteiger partial charge in [-0.3, -0.25) is 4.98 Å². The largest absolute Gasteiger partial charge is 0.507 e. The Morgan fingerprint density at radius 3 is 2.71 bits per heavy atom. The normalized spacial score (nSPS) is 10.8. The highest BCUT2D eigenvalue weighted by molar-refractivity contribution is 9.10. The average molecular weight is 346 g/mol. The van der Waals surface area contributed by atoms with Gasteiger partial charge < -0.3 is 9.63 Å². The van der Waals surface area contributed by atoms with Crippen LogP contribution in [-0.4, -0.2) is 20.2 Å². The summed E-state index contributed by atoms with van der Waals surface area (Å²) in [5.41, 5.74) is 3.41. The van der Waals surface area contributed by atoms with Gasteiger partial charge in [0, 0.05) is 11.8 Å². The highest BCUT2D eigenvalue weighted by Crippen LogP contribution is 2.30. The van der Waals surface area contributed by atoms with Crippen LogP contribution >= 0.6 is 15.9 Å². The lowest BCUT2D eigenvalue weighted by Gasteiger charge is -2.00. The third-order valence-corrected chi connectivity index (χ3v) is 3.72. The van der Waals surface area contributed by atoms with Gasteiger partial charge in [-0.1, -0.05) is 11.2 Å². The maximum Gasteiger partial charge on any atom is 0.258 e. The van der Waals surface area contributed by atoms with Gasteiger partial charge in [-0.2, -0.15) is 4.98 Å². The second-order valence-electron chi connectivity index (χ2n) is 4.77. The van der Waals surface area contributed by atoms with E-state index in [0.717, 1.165) is 11.1 Å². The van der Waals surface area contributed by atoms with Crippen molar-refractivity contribution < 1.29 is 9.63 Å². The van der Waals surface area contributed by atoms with Gasteiger partial charge in [0.25, 0.3) is 5.89 Å². The van der Waals surface area contributed by atoms with Gasteiger partial charge in [-0.25, -0.2) is 0 Å². The van der Waals surface area contributed by atoms with E-state index in [9.17, 15) is 5.11 Å². The molecule has 2 aromatic heterocycles. The molecule has 0 aliphatic heterocycles. The molecule has 0 atom stereocenters. The Morgan fingerprint density at radius 1 is 1.19 bits per heavy atom. The van der Waals surface area contributed by atoms with Gasteiger partial charge in [0.2, 0.25) is 5.82 Å². The van der Waals surface area contributed by atoms with Crippen molar-refractivity contribution in [2.24, 2.45) is 0 Å². The van der Waals surface area contributed by atoms with Crippen molar-refractivity contribution >= 4 is 15.9 Å². The minimum Gasteiger partial charge on any atom is -0.507 e. The van der Waals surface area contributed by atoms with E-state index in [1.54, 1.807) is 24.4 Å². The Bertz CT molecular complexity index is 814. The third-order valence-electron chi connectivity index (χ3n) is 3.05. The zero-order valence-corrected chi connectivity index (χ0v) is 13.0. The molecule has 0 amide bonds. The minimum absolute atomic E-state index is 0.122. The van der Waals surface area contributed by atoms with Crippen LogP contribution in [0.2, 0.25) is 0 Å². The fourth-order valence-corrected chi connectivity index (χ4v) is 2.28. The maximum atomic E-state index is 9.71. The van der Waals surface area contributed by atoms with Crippen molar-refractivity contribution in [3.63, 3.8) is 0 Å². The van der Waals surface area contributed by atoms with Crippen LogP contribution in [0.25, 0.3) is 23.0 Å². The first-order valence-electron chi connectivity index (χ1n) is 6.31. The van der Waals surface area contributed by atoms with Crippen LogP contribution in [0.4, 0.5) is 0 Å². The molecule has 0 radical (unpaired) electrons. The van der Waals surface area contributed by atoms with Crippen molar-refractivity contribution in [2.45, 2.75) is 13.8 Å². The lowest BCUT2D eigenvalue weighted by atomic mass is 10.1. The molecule has 0 bridgehead atoms. The highest BCUT2D eigenvalue weighted by Gasteiger charge is 2.14. The van der Waals surface area contributed by atoms with Crippen LogP contribution in [0.1, 0.15) is 11.1 Å². The molecule has 1 N–H and O–H groups in total. The SMILES string of the molecule is Cc1cnc(-c2noc(-c3ccc(Br)c(O)c3)n2)c(C)c1. The van der Waals surface area contributed by atoms with E-state index in [0.29, 0.717) is 27.4 Å². The fourth-order valence-electron chi connectivity index (χ4n) is 2.03. The van der Waals surface area contributed by atoms with E-state index < -0.39 is 0 Å². The summed E-state index contributed by atoms with van der Waals surface area (Å²) < 4.78 is 5.87. The first-order valence-corrected chi connectivity index (χ1v) is 7.10. The Labute approximate surface area is 129 Å². The van der Waals surface area contributed by atoms with Gasteiger partial charge in [-0.05, 0) is 59.1 Å². The summed E-state index contributed by atoms with van der Waals surface area (Å²) in [7, 11) is 0. The van der Waals surface area contributed by atoms with Crippen molar-refractivity contribution in [3.05, 3.63) is 46.1 Å². The average Bonchev–Trinajstić information content (AvgIpc) is 2.91. The molecule has 1 aromatic carbocycles. The Balaban J connectivity index is 2.01. The monoisotopic (exact) mass is 345 g/mol. The molecule has 106 valence electrons. The zero-order valence-electron chi connectivity index (χ0n) is 11.5. The first-order chi connectivity index (χ1) is 10.0. The molecule has 2 heterocycles. The predicted octanol–water partition coefficient (Wildman–Crippen LogP) is 3.88. The van der Waals surface area contributed by atoms with Gasteiger partial charge in [0.05, 0.1) is 4.47 Å². The number of phenols is 1. The Hall–Kier alpha value is -2.21. The number of aromatic hydroxyl groups is 1. The van der Waals surface area contributed by atoms with Crippen LogP contribution < -0.4 is 0 Å².